The average molecular weight is 416 g/mol. The fourth-order valence-electron chi connectivity index (χ4n) is 2.69. The van der Waals surface area contributed by atoms with E-state index in [-0.39, 0.29) is 11.4 Å². The maximum atomic E-state index is 12.5. The van der Waals surface area contributed by atoms with Crippen LogP contribution in [-0.2, 0) is 0 Å². The lowest BCUT2D eigenvalue weighted by Gasteiger charge is -2.11. The number of pyridine rings is 2. The van der Waals surface area contributed by atoms with Crippen LogP contribution < -0.4 is 10.1 Å². The fourth-order valence-corrected chi connectivity index (χ4v) is 3.21. The summed E-state index contributed by atoms with van der Waals surface area (Å²) in [5.74, 6) is -0.802. The Kier molecular flexibility index (Phi) is 4.85. The van der Waals surface area contributed by atoms with Crippen LogP contribution in [-0.4, -0.2) is 27.2 Å². The van der Waals surface area contributed by atoms with Crippen LogP contribution in [0.25, 0.3) is 22.0 Å². The van der Waals surface area contributed by atoms with E-state index in [1.54, 1.807) is 36.0 Å². The highest BCUT2D eigenvalue weighted by Crippen LogP contribution is 2.31. The van der Waals surface area contributed by atoms with Crippen LogP contribution in [0.1, 0.15) is 10.5 Å². The van der Waals surface area contributed by atoms with Gasteiger partial charge in [-0.05, 0) is 29.8 Å². The molecule has 29 heavy (non-hydrogen) atoms. The number of nitrogens with one attached hydrogen (secondary N) is 1. The first-order chi connectivity index (χ1) is 13.9. The summed E-state index contributed by atoms with van der Waals surface area (Å²) in [6.07, 6.45) is -0.197. The summed E-state index contributed by atoms with van der Waals surface area (Å²) >= 11 is 1.27. The summed E-state index contributed by atoms with van der Waals surface area (Å²) in [5, 5.41) is 5.44. The van der Waals surface area contributed by atoms with E-state index in [4.69, 9.17) is 0 Å². The number of anilines is 1. The minimum atomic E-state index is -4.80. The molecule has 10 heteroatoms. The number of nitrogens with zero attached hydrogens (tertiary/aromatic N) is 3. The quantitative estimate of drug-likeness (QED) is 0.512. The zero-order valence-electron chi connectivity index (χ0n) is 14.5. The van der Waals surface area contributed by atoms with Gasteiger partial charge in [0.25, 0.3) is 5.91 Å². The molecule has 0 saturated carbocycles. The van der Waals surface area contributed by atoms with Crippen molar-refractivity contribution in [2.45, 2.75) is 6.36 Å². The molecule has 3 aromatic heterocycles. The second-order valence-electron chi connectivity index (χ2n) is 5.82. The molecule has 1 amide bonds. The molecule has 3 heterocycles. The van der Waals surface area contributed by atoms with Gasteiger partial charge in [0.05, 0.1) is 5.52 Å². The Hall–Kier alpha value is -3.53. The number of aromatic nitrogens is 3. The highest BCUT2D eigenvalue weighted by Gasteiger charge is 2.31. The maximum absolute atomic E-state index is 12.5. The topological polar surface area (TPSA) is 77.0 Å². The number of carbonyl (C=O) groups excluding carboxylic acids is 1. The molecule has 0 bridgehead atoms. The molecular weight excluding hydrogens is 405 g/mol. The summed E-state index contributed by atoms with van der Waals surface area (Å²) in [7, 11) is 0. The summed E-state index contributed by atoms with van der Waals surface area (Å²) in [5.41, 5.74) is 1.47. The van der Waals surface area contributed by atoms with Crippen molar-refractivity contribution in [2.75, 3.05) is 5.32 Å². The largest absolute Gasteiger partial charge is 0.573 e. The van der Waals surface area contributed by atoms with E-state index in [1.807, 2.05) is 0 Å². The van der Waals surface area contributed by atoms with Crippen molar-refractivity contribution in [3.05, 3.63) is 66.1 Å². The van der Waals surface area contributed by atoms with Crippen LogP contribution in [0.4, 0.5) is 18.3 Å². The predicted octanol–water partition coefficient (Wildman–Crippen LogP) is 4.90. The number of alkyl halides is 3. The SMILES string of the molecule is O=C(Nc1nccs1)c1ccc2cncc(-c3cccc(OC(F)(F)F)c3)c2n1. The minimum Gasteiger partial charge on any atom is -0.406 e. The van der Waals surface area contributed by atoms with E-state index in [1.165, 1.54) is 35.7 Å². The van der Waals surface area contributed by atoms with Crippen molar-refractivity contribution in [3.63, 3.8) is 0 Å². The molecule has 0 atom stereocenters. The van der Waals surface area contributed by atoms with Crippen molar-refractivity contribution >= 4 is 33.3 Å². The van der Waals surface area contributed by atoms with E-state index < -0.39 is 12.3 Å². The van der Waals surface area contributed by atoms with Crippen molar-refractivity contribution in [3.8, 4) is 16.9 Å². The van der Waals surface area contributed by atoms with Gasteiger partial charge in [0.1, 0.15) is 11.4 Å². The Bertz CT molecular complexity index is 1180. The molecule has 0 fully saturated rings. The molecular formula is C19H11F3N4O2S. The molecule has 0 spiro atoms. The molecule has 0 saturated heterocycles. The van der Waals surface area contributed by atoms with Crippen molar-refractivity contribution < 1.29 is 22.7 Å². The first kappa shape index (κ1) is 18.8. The molecule has 0 aliphatic heterocycles. The normalized spacial score (nSPS) is 11.4. The fraction of sp³-hybridized carbons (Fsp3) is 0.0526. The lowest BCUT2D eigenvalue weighted by atomic mass is 10.0. The highest BCUT2D eigenvalue weighted by atomic mass is 32.1. The highest BCUT2D eigenvalue weighted by molar-refractivity contribution is 7.13. The van der Waals surface area contributed by atoms with E-state index >= 15 is 0 Å². The van der Waals surface area contributed by atoms with Gasteiger partial charge in [-0.15, -0.1) is 24.5 Å². The zero-order valence-corrected chi connectivity index (χ0v) is 15.3. The Labute approximate surface area is 166 Å². The molecule has 1 aromatic carbocycles. The molecule has 1 N–H and O–H groups in total. The molecule has 6 nitrogen and oxygen atoms in total. The second-order valence-corrected chi connectivity index (χ2v) is 6.72. The summed E-state index contributed by atoms with van der Waals surface area (Å²) in [6, 6.07) is 8.72. The lowest BCUT2D eigenvalue weighted by Crippen LogP contribution is -2.17. The van der Waals surface area contributed by atoms with Crippen LogP contribution in [0.15, 0.2) is 60.4 Å². The molecule has 4 aromatic rings. The van der Waals surface area contributed by atoms with E-state index in [0.717, 1.165) is 0 Å². The number of carbonyl (C=O) groups is 1. The number of thiazole rings is 1. The van der Waals surface area contributed by atoms with E-state index in [0.29, 0.717) is 27.2 Å². The minimum absolute atomic E-state index is 0.142. The summed E-state index contributed by atoms with van der Waals surface area (Å²) in [4.78, 5) is 25.0. The molecule has 0 radical (unpaired) electrons. The number of benzene rings is 1. The summed E-state index contributed by atoms with van der Waals surface area (Å²) in [6.45, 7) is 0. The Morgan fingerprint density at radius 2 is 2.00 bits per heavy atom. The molecule has 4 rings (SSSR count). The smallest absolute Gasteiger partial charge is 0.406 e. The third kappa shape index (κ3) is 4.32. The maximum Gasteiger partial charge on any atom is 0.573 e. The predicted molar refractivity (Wildman–Crippen MR) is 102 cm³/mol. The van der Waals surface area contributed by atoms with Crippen LogP contribution >= 0.6 is 11.3 Å². The van der Waals surface area contributed by atoms with Gasteiger partial charge >= 0.3 is 6.36 Å². The Morgan fingerprint density at radius 1 is 1.14 bits per heavy atom. The summed E-state index contributed by atoms with van der Waals surface area (Å²) < 4.78 is 41.6. The van der Waals surface area contributed by atoms with Crippen LogP contribution in [0, 0.1) is 0 Å². The third-order valence-electron chi connectivity index (χ3n) is 3.86. The molecule has 0 aliphatic rings. The van der Waals surface area contributed by atoms with E-state index in [2.05, 4.69) is 25.0 Å². The standard InChI is InChI=1S/C19H11F3N4O2S/c20-19(21,22)28-13-3-1-2-11(8-13)14-10-23-9-12-4-5-15(25-16(12)14)17(27)26-18-24-6-7-29-18/h1-10H,(H,24,26,27). The van der Waals surface area contributed by atoms with Gasteiger partial charge in [-0.25, -0.2) is 9.97 Å². The van der Waals surface area contributed by atoms with Gasteiger partial charge in [-0.2, -0.15) is 0 Å². The first-order valence-corrected chi connectivity index (χ1v) is 9.09. The van der Waals surface area contributed by atoms with Crippen LogP contribution in [0.3, 0.4) is 0 Å². The van der Waals surface area contributed by atoms with E-state index in [9.17, 15) is 18.0 Å². The Balaban J connectivity index is 1.73. The van der Waals surface area contributed by atoms with Crippen LogP contribution in [0.2, 0.25) is 0 Å². The number of rotatable bonds is 4. The lowest BCUT2D eigenvalue weighted by molar-refractivity contribution is -0.274. The van der Waals surface area contributed by atoms with Gasteiger partial charge in [0.15, 0.2) is 5.13 Å². The number of amides is 1. The van der Waals surface area contributed by atoms with Gasteiger partial charge in [0, 0.05) is 34.9 Å². The first-order valence-electron chi connectivity index (χ1n) is 8.21. The van der Waals surface area contributed by atoms with Crippen LogP contribution in [0.5, 0.6) is 5.75 Å². The third-order valence-corrected chi connectivity index (χ3v) is 4.55. The number of halogens is 3. The molecule has 146 valence electrons. The monoisotopic (exact) mass is 416 g/mol. The number of ether oxygens (including phenoxy) is 1. The number of hydrogen-bond acceptors (Lipinski definition) is 6. The van der Waals surface area contributed by atoms with Gasteiger partial charge in [0.2, 0.25) is 0 Å². The van der Waals surface area contributed by atoms with Crippen molar-refractivity contribution in [1.29, 1.82) is 0 Å². The molecule has 0 aliphatic carbocycles. The van der Waals surface area contributed by atoms with Crippen molar-refractivity contribution in [2.24, 2.45) is 0 Å². The van der Waals surface area contributed by atoms with Gasteiger partial charge < -0.3 is 4.74 Å². The Morgan fingerprint density at radius 3 is 2.76 bits per heavy atom. The average Bonchev–Trinajstić information content (AvgIpc) is 3.19. The van der Waals surface area contributed by atoms with Gasteiger partial charge in [-0.3, -0.25) is 15.1 Å². The van der Waals surface area contributed by atoms with Crippen molar-refractivity contribution in [1.82, 2.24) is 15.0 Å². The second kappa shape index (κ2) is 7.47. The number of fused-ring (bicyclic) bond motifs is 1. The zero-order chi connectivity index (χ0) is 20.4. The number of hydrogen-bond donors (Lipinski definition) is 1. The molecule has 0 unspecified atom stereocenters. The van der Waals surface area contributed by atoms with Gasteiger partial charge in [-0.1, -0.05) is 12.1 Å².